The standard InChI is InChI=1S/C26H37N3O6S/c1-6-8-16-27-26(31)20(3)28(18-21-10-9-11-24(17-21)34-4)25(30)19-29(36(5,32)33)22-12-14-23(15-13-22)35-7-2/h9-15,17,20H,6-8,16,18-19H2,1-5H3,(H,27,31). The van der Waals surface area contributed by atoms with Crippen molar-refractivity contribution >= 4 is 27.5 Å². The van der Waals surface area contributed by atoms with Crippen molar-refractivity contribution in [2.75, 3.05) is 37.4 Å². The number of nitrogens with one attached hydrogen (secondary N) is 1. The molecular formula is C26H37N3O6S. The van der Waals surface area contributed by atoms with Crippen molar-refractivity contribution in [3.8, 4) is 11.5 Å². The first kappa shape index (κ1) is 29.0. The van der Waals surface area contributed by atoms with Gasteiger partial charge in [-0.05, 0) is 62.2 Å². The Morgan fingerprint density at radius 3 is 2.33 bits per heavy atom. The minimum absolute atomic E-state index is 0.110. The van der Waals surface area contributed by atoms with E-state index in [0.29, 0.717) is 30.3 Å². The first-order valence-corrected chi connectivity index (χ1v) is 13.9. The van der Waals surface area contributed by atoms with Crippen LogP contribution in [0.15, 0.2) is 48.5 Å². The van der Waals surface area contributed by atoms with Crippen LogP contribution in [0.5, 0.6) is 11.5 Å². The lowest BCUT2D eigenvalue weighted by molar-refractivity contribution is -0.139. The van der Waals surface area contributed by atoms with Gasteiger partial charge in [0, 0.05) is 13.1 Å². The van der Waals surface area contributed by atoms with E-state index in [1.54, 1.807) is 56.5 Å². The van der Waals surface area contributed by atoms with Gasteiger partial charge in [0.05, 0.1) is 25.7 Å². The Labute approximate surface area is 214 Å². The Morgan fingerprint density at radius 1 is 1.06 bits per heavy atom. The third-order valence-corrected chi connectivity index (χ3v) is 6.74. The summed E-state index contributed by atoms with van der Waals surface area (Å²) in [4.78, 5) is 27.8. The smallest absolute Gasteiger partial charge is 0.244 e. The van der Waals surface area contributed by atoms with Crippen molar-refractivity contribution < 1.29 is 27.5 Å². The topological polar surface area (TPSA) is 105 Å². The lowest BCUT2D eigenvalue weighted by atomic mass is 10.1. The molecule has 0 radical (unpaired) electrons. The summed E-state index contributed by atoms with van der Waals surface area (Å²) in [7, 11) is -2.25. The number of unbranched alkanes of at least 4 members (excludes halogenated alkanes) is 1. The summed E-state index contributed by atoms with van der Waals surface area (Å²) in [6.45, 7) is 6.15. The number of sulfonamides is 1. The number of anilines is 1. The van der Waals surface area contributed by atoms with E-state index in [9.17, 15) is 18.0 Å². The summed E-state index contributed by atoms with van der Waals surface area (Å²) in [5.74, 6) is 0.409. The number of nitrogens with zero attached hydrogens (tertiary/aromatic N) is 2. The van der Waals surface area contributed by atoms with Gasteiger partial charge in [0.25, 0.3) is 0 Å². The zero-order valence-corrected chi connectivity index (χ0v) is 22.5. The van der Waals surface area contributed by atoms with E-state index in [4.69, 9.17) is 9.47 Å². The van der Waals surface area contributed by atoms with Crippen LogP contribution in [-0.2, 0) is 26.2 Å². The van der Waals surface area contributed by atoms with Gasteiger partial charge in [-0.15, -0.1) is 0 Å². The number of carbonyl (C=O) groups excluding carboxylic acids is 2. The van der Waals surface area contributed by atoms with Gasteiger partial charge in [0.2, 0.25) is 21.8 Å². The Morgan fingerprint density at radius 2 is 1.75 bits per heavy atom. The summed E-state index contributed by atoms with van der Waals surface area (Å²) in [5, 5.41) is 2.86. The monoisotopic (exact) mass is 519 g/mol. The van der Waals surface area contributed by atoms with Crippen LogP contribution in [-0.4, -0.2) is 64.2 Å². The Kier molecular flexibility index (Phi) is 11.0. The minimum Gasteiger partial charge on any atom is -0.497 e. The quantitative estimate of drug-likeness (QED) is 0.385. The molecule has 0 saturated carbocycles. The molecule has 0 aliphatic carbocycles. The molecule has 1 unspecified atom stereocenters. The molecule has 9 nitrogen and oxygen atoms in total. The predicted molar refractivity (Wildman–Crippen MR) is 141 cm³/mol. The van der Waals surface area contributed by atoms with Gasteiger partial charge in [-0.1, -0.05) is 25.5 Å². The second-order valence-electron chi connectivity index (χ2n) is 8.39. The Balaban J connectivity index is 2.35. The van der Waals surface area contributed by atoms with E-state index < -0.39 is 28.5 Å². The molecule has 10 heteroatoms. The van der Waals surface area contributed by atoms with Crippen LogP contribution in [0.4, 0.5) is 5.69 Å². The first-order valence-electron chi connectivity index (χ1n) is 12.0. The van der Waals surface area contributed by atoms with Crippen LogP contribution in [0.3, 0.4) is 0 Å². The third kappa shape index (κ3) is 8.44. The van der Waals surface area contributed by atoms with Crippen molar-refractivity contribution in [2.45, 2.75) is 46.2 Å². The molecule has 0 heterocycles. The van der Waals surface area contributed by atoms with Gasteiger partial charge in [0.1, 0.15) is 24.1 Å². The molecule has 2 rings (SSSR count). The highest BCUT2D eigenvalue weighted by atomic mass is 32.2. The molecule has 0 aromatic heterocycles. The van der Waals surface area contributed by atoms with E-state index in [-0.39, 0.29) is 12.5 Å². The SMILES string of the molecule is CCCCNC(=O)C(C)N(Cc1cccc(OC)c1)C(=O)CN(c1ccc(OCC)cc1)S(C)(=O)=O. The molecule has 0 aliphatic rings. The molecule has 1 N–H and O–H groups in total. The fourth-order valence-corrected chi connectivity index (χ4v) is 4.42. The van der Waals surface area contributed by atoms with Gasteiger partial charge < -0.3 is 19.7 Å². The molecule has 0 bridgehead atoms. The number of amides is 2. The molecule has 0 spiro atoms. The summed E-state index contributed by atoms with van der Waals surface area (Å²) in [6, 6.07) is 12.9. The number of rotatable bonds is 14. The number of hydrogen-bond donors (Lipinski definition) is 1. The lowest BCUT2D eigenvalue weighted by Gasteiger charge is -2.31. The van der Waals surface area contributed by atoms with Crippen LogP contribution in [0.25, 0.3) is 0 Å². The first-order chi connectivity index (χ1) is 17.1. The van der Waals surface area contributed by atoms with E-state index in [1.165, 1.54) is 4.90 Å². The van der Waals surface area contributed by atoms with Gasteiger partial charge >= 0.3 is 0 Å². The lowest BCUT2D eigenvalue weighted by Crippen LogP contribution is -2.51. The van der Waals surface area contributed by atoms with Crippen LogP contribution in [0.2, 0.25) is 0 Å². The maximum atomic E-state index is 13.6. The van der Waals surface area contributed by atoms with Crippen molar-refractivity contribution in [3.63, 3.8) is 0 Å². The van der Waals surface area contributed by atoms with Gasteiger partial charge in [-0.25, -0.2) is 8.42 Å². The molecule has 0 aliphatic heterocycles. The Hall–Kier alpha value is -3.27. The third-order valence-electron chi connectivity index (χ3n) is 5.60. The van der Waals surface area contributed by atoms with Gasteiger partial charge in [-0.3, -0.25) is 13.9 Å². The maximum Gasteiger partial charge on any atom is 0.244 e. The van der Waals surface area contributed by atoms with Crippen LogP contribution < -0.4 is 19.1 Å². The molecule has 198 valence electrons. The summed E-state index contributed by atoms with van der Waals surface area (Å²) < 4.78 is 37.0. The highest BCUT2D eigenvalue weighted by Crippen LogP contribution is 2.23. The number of methoxy groups -OCH3 is 1. The van der Waals surface area contributed by atoms with E-state index in [2.05, 4.69) is 5.32 Å². The zero-order chi connectivity index (χ0) is 26.7. The zero-order valence-electron chi connectivity index (χ0n) is 21.7. The average Bonchev–Trinajstić information content (AvgIpc) is 2.85. The van der Waals surface area contributed by atoms with Crippen LogP contribution in [0.1, 0.15) is 39.2 Å². The minimum atomic E-state index is -3.79. The molecule has 1 atom stereocenters. The van der Waals surface area contributed by atoms with Crippen molar-refractivity contribution in [3.05, 3.63) is 54.1 Å². The van der Waals surface area contributed by atoms with Crippen molar-refractivity contribution in [1.82, 2.24) is 10.2 Å². The van der Waals surface area contributed by atoms with Gasteiger partial charge in [0.15, 0.2) is 0 Å². The van der Waals surface area contributed by atoms with Crippen LogP contribution >= 0.6 is 0 Å². The number of benzene rings is 2. The van der Waals surface area contributed by atoms with Gasteiger partial charge in [-0.2, -0.15) is 0 Å². The second-order valence-corrected chi connectivity index (χ2v) is 10.3. The number of ether oxygens (including phenoxy) is 2. The molecule has 0 saturated heterocycles. The average molecular weight is 520 g/mol. The fourth-order valence-electron chi connectivity index (χ4n) is 3.58. The summed E-state index contributed by atoms with van der Waals surface area (Å²) in [5.41, 5.74) is 1.08. The van der Waals surface area contributed by atoms with E-state index in [0.717, 1.165) is 29.0 Å². The molecule has 0 fully saturated rings. The maximum absolute atomic E-state index is 13.6. The highest BCUT2D eigenvalue weighted by Gasteiger charge is 2.30. The highest BCUT2D eigenvalue weighted by molar-refractivity contribution is 7.92. The normalized spacial score (nSPS) is 11.9. The number of hydrogen-bond acceptors (Lipinski definition) is 6. The van der Waals surface area contributed by atoms with E-state index >= 15 is 0 Å². The molecular weight excluding hydrogens is 482 g/mol. The van der Waals surface area contributed by atoms with Crippen LogP contribution in [0, 0.1) is 0 Å². The Bertz CT molecular complexity index is 1100. The molecule has 2 aromatic carbocycles. The molecule has 36 heavy (non-hydrogen) atoms. The van der Waals surface area contributed by atoms with Crippen molar-refractivity contribution in [1.29, 1.82) is 0 Å². The fraction of sp³-hybridized carbons (Fsp3) is 0.462. The van der Waals surface area contributed by atoms with E-state index in [1.807, 2.05) is 19.9 Å². The molecule has 2 aromatic rings. The van der Waals surface area contributed by atoms with Crippen molar-refractivity contribution in [2.24, 2.45) is 0 Å². The second kappa shape index (κ2) is 13.7. The largest absolute Gasteiger partial charge is 0.497 e. The summed E-state index contributed by atoms with van der Waals surface area (Å²) >= 11 is 0. The summed E-state index contributed by atoms with van der Waals surface area (Å²) in [6.07, 6.45) is 2.79. The molecule has 2 amide bonds. The predicted octanol–water partition coefficient (Wildman–Crippen LogP) is 3.19. The number of carbonyl (C=O) groups is 2.